The van der Waals surface area contributed by atoms with Gasteiger partial charge in [0.2, 0.25) is 0 Å². The van der Waals surface area contributed by atoms with Gasteiger partial charge in [0.25, 0.3) is 0 Å². The molecule has 0 amide bonds. The molecule has 0 atom stereocenters. The summed E-state index contributed by atoms with van der Waals surface area (Å²) in [4.78, 5) is 12.5. The number of carbonyl (C=O) groups is 1. The molecule has 0 aliphatic heterocycles. The van der Waals surface area contributed by atoms with Crippen LogP contribution in [0, 0.1) is 0 Å². The molecule has 3 rings (SSSR count). The van der Waals surface area contributed by atoms with Gasteiger partial charge in [-0.1, -0.05) is 25.1 Å². The van der Waals surface area contributed by atoms with Gasteiger partial charge in [0.15, 0.2) is 12.4 Å². The summed E-state index contributed by atoms with van der Waals surface area (Å²) >= 11 is 0. The Kier molecular flexibility index (Phi) is 6.10. The Bertz CT molecular complexity index is 988. The van der Waals surface area contributed by atoms with Crippen molar-refractivity contribution in [2.45, 2.75) is 32.7 Å². The number of hydrogen-bond acceptors (Lipinski definition) is 6. The van der Waals surface area contributed by atoms with Gasteiger partial charge in [-0.15, -0.1) is 5.10 Å². The molecule has 0 radical (unpaired) electrons. The molecule has 3 aromatic rings. The molecule has 10 heteroatoms. The fraction of sp³-hybridized carbons (Fsp3) is 0.263. The Morgan fingerprint density at radius 1 is 1.17 bits per heavy atom. The maximum absolute atomic E-state index is 12.9. The van der Waals surface area contributed by atoms with Gasteiger partial charge in [-0.05, 0) is 47.2 Å². The average Bonchev–Trinajstić information content (AvgIpc) is 3.13. The van der Waals surface area contributed by atoms with Gasteiger partial charge in [0.1, 0.15) is 0 Å². The summed E-state index contributed by atoms with van der Waals surface area (Å²) in [6.07, 6.45) is -3.64. The average molecular weight is 405 g/mol. The number of anilines is 2. The van der Waals surface area contributed by atoms with E-state index in [9.17, 15) is 18.0 Å². The molecule has 0 saturated carbocycles. The minimum absolute atomic E-state index is 0.121. The standard InChI is InChI=1S/C19H18F3N5O2/c1-2-10-27-17(24-25-26-27)12-29-18(28)15-8-3-4-9-16(15)23-14-7-5-6-13(11-14)19(20,21)22/h3-9,11,23H,2,10,12H2,1H3. The Hall–Kier alpha value is -3.43. The minimum atomic E-state index is -4.46. The highest BCUT2D eigenvalue weighted by Crippen LogP contribution is 2.32. The van der Waals surface area contributed by atoms with E-state index in [4.69, 9.17) is 4.74 Å². The molecule has 0 spiro atoms. The molecule has 1 aromatic heterocycles. The predicted octanol–water partition coefficient (Wildman–Crippen LogP) is 4.20. The number of para-hydroxylation sites is 1. The van der Waals surface area contributed by atoms with Crippen molar-refractivity contribution in [3.8, 4) is 0 Å². The number of nitrogens with one attached hydrogen (secondary N) is 1. The molecule has 0 saturated heterocycles. The number of alkyl halides is 3. The van der Waals surface area contributed by atoms with E-state index in [1.165, 1.54) is 18.2 Å². The van der Waals surface area contributed by atoms with Gasteiger partial charge >= 0.3 is 12.1 Å². The zero-order chi connectivity index (χ0) is 20.9. The normalized spacial score (nSPS) is 11.3. The van der Waals surface area contributed by atoms with Gasteiger partial charge in [0, 0.05) is 12.2 Å². The van der Waals surface area contributed by atoms with E-state index in [1.807, 2.05) is 6.92 Å². The van der Waals surface area contributed by atoms with E-state index in [-0.39, 0.29) is 17.9 Å². The summed E-state index contributed by atoms with van der Waals surface area (Å²) in [6.45, 7) is 2.43. The molecule has 1 N–H and O–H groups in total. The highest BCUT2D eigenvalue weighted by molar-refractivity contribution is 5.96. The Labute approximate surface area is 164 Å². The summed E-state index contributed by atoms with van der Waals surface area (Å²) < 4.78 is 45.6. The lowest BCUT2D eigenvalue weighted by Crippen LogP contribution is -2.12. The number of ether oxygens (including phenoxy) is 1. The Morgan fingerprint density at radius 2 is 1.97 bits per heavy atom. The van der Waals surface area contributed by atoms with Gasteiger partial charge < -0.3 is 10.1 Å². The van der Waals surface area contributed by atoms with Crippen LogP contribution in [0.4, 0.5) is 24.5 Å². The number of tetrazole rings is 1. The van der Waals surface area contributed by atoms with E-state index < -0.39 is 17.7 Å². The van der Waals surface area contributed by atoms with Gasteiger partial charge in [-0.25, -0.2) is 9.48 Å². The molecule has 0 unspecified atom stereocenters. The Morgan fingerprint density at radius 3 is 2.72 bits per heavy atom. The van der Waals surface area contributed by atoms with Crippen LogP contribution in [0.5, 0.6) is 0 Å². The van der Waals surface area contributed by atoms with Crippen LogP contribution in [0.15, 0.2) is 48.5 Å². The van der Waals surface area contributed by atoms with Crippen molar-refractivity contribution in [3.05, 3.63) is 65.5 Å². The highest BCUT2D eigenvalue weighted by Gasteiger charge is 2.30. The van der Waals surface area contributed by atoms with Crippen molar-refractivity contribution in [1.82, 2.24) is 20.2 Å². The summed E-state index contributed by atoms with van der Waals surface area (Å²) in [5.74, 6) is -0.241. The molecular formula is C19H18F3N5O2. The van der Waals surface area contributed by atoms with E-state index >= 15 is 0 Å². The summed E-state index contributed by atoms with van der Waals surface area (Å²) in [6, 6.07) is 11.1. The van der Waals surface area contributed by atoms with Crippen LogP contribution in [-0.2, 0) is 24.1 Å². The first-order valence-electron chi connectivity index (χ1n) is 8.84. The topological polar surface area (TPSA) is 81.9 Å². The largest absolute Gasteiger partial charge is 0.454 e. The van der Waals surface area contributed by atoms with Gasteiger partial charge in [0.05, 0.1) is 16.8 Å². The minimum Gasteiger partial charge on any atom is -0.454 e. The second-order valence-electron chi connectivity index (χ2n) is 6.14. The lowest BCUT2D eigenvalue weighted by atomic mass is 10.1. The molecule has 29 heavy (non-hydrogen) atoms. The number of aromatic nitrogens is 4. The maximum atomic E-state index is 12.9. The van der Waals surface area contributed by atoms with Crippen molar-refractivity contribution in [1.29, 1.82) is 0 Å². The number of carbonyl (C=O) groups excluding carboxylic acids is 1. The molecule has 152 valence electrons. The first-order valence-corrected chi connectivity index (χ1v) is 8.84. The van der Waals surface area contributed by atoms with Crippen LogP contribution in [0.1, 0.15) is 35.1 Å². The van der Waals surface area contributed by atoms with Crippen molar-refractivity contribution in [2.24, 2.45) is 0 Å². The molecule has 0 aliphatic carbocycles. The molecule has 7 nitrogen and oxygen atoms in total. The number of halogens is 3. The highest BCUT2D eigenvalue weighted by atomic mass is 19.4. The molecule has 0 fully saturated rings. The van der Waals surface area contributed by atoms with Gasteiger partial charge in [-0.3, -0.25) is 0 Å². The third-order valence-electron chi connectivity index (χ3n) is 3.99. The predicted molar refractivity (Wildman–Crippen MR) is 98.4 cm³/mol. The van der Waals surface area contributed by atoms with Crippen LogP contribution >= 0.6 is 0 Å². The molecule has 1 heterocycles. The van der Waals surface area contributed by atoms with Gasteiger partial charge in [-0.2, -0.15) is 13.2 Å². The van der Waals surface area contributed by atoms with E-state index in [2.05, 4.69) is 20.8 Å². The van der Waals surface area contributed by atoms with Crippen LogP contribution in [0.3, 0.4) is 0 Å². The van der Waals surface area contributed by atoms with Crippen LogP contribution in [-0.4, -0.2) is 26.2 Å². The first-order chi connectivity index (χ1) is 13.9. The van der Waals surface area contributed by atoms with Crippen LogP contribution < -0.4 is 5.32 Å². The second-order valence-corrected chi connectivity index (χ2v) is 6.14. The summed E-state index contributed by atoms with van der Waals surface area (Å²) in [5.41, 5.74) is -0.0818. The molecular weight excluding hydrogens is 387 g/mol. The summed E-state index contributed by atoms with van der Waals surface area (Å²) in [5, 5.41) is 14.0. The molecule has 0 aliphatic rings. The number of nitrogens with zero attached hydrogens (tertiary/aromatic N) is 4. The van der Waals surface area contributed by atoms with E-state index in [0.29, 0.717) is 18.1 Å². The van der Waals surface area contributed by atoms with Crippen LogP contribution in [0.2, 0.25) is 0 Å². The maximum Gasteiger partial charge on any atom is 0.416 e. The van der Waals surface area contributed by atoms with E-state index in [0.717, 1.165) is 18.6 Å². The SMILES string of the molecule is CCCn1nnnc1COC(=O)c1ccccc1Nc1cccc(C(F)(F)F)c1. The number of rotatable bonds is 7. The number of hydrogen-bond donors (Lipinski definition) is 1. The summed E-state index contributed by atoms with van der Waals surface area (Å²) in [7, 11) is 0. The fourth-order valence-electron chi connectivity index (χ4n) is 2.62. The third kappa shape index (κ3) is 5.09. The second kappa shape index (κ2) is 8.72. The lowest BCUT2D eigenvalue weighted by Gasteiger charge is -2.13. The Balaban J connectivity index is 1.75. The smallest absolute Gasteiger partial charge is 0.416 e. The zero-order valence-corrected chi connectivity index (χ0v) is 15.5. The quantitative estimate of drug-likeness (QED) is 0.593. The number of aryl methyl sites for hydroxylation is 1. The fourth-order valence-corrected chi connectivity index (χ4v) is 2.62. The zero-order valence-electron chi connectivity index (χ0n) is 15.5. The first kappa shape index (κ1) is 20.3. The van der Waals surface area contributed by atoms with Crippen molar-refractivity contribution in [3.63, 3.8) is 0 Å². The van der Waals surface area contributed by atoms with Crippen LogP contribution in [0.25, 0.3) is 0 Å². The molecule has 0 bridgehead atoms. The van der Waals surface area contributed by atoms with Crippen molar-refractivity contribution >= 4 is 17.3 Å². The number of esters is 1. The monoisotopic (exact) mass is 405 g/mol. The third-order valence-corrected chi connectivity index (χ3v) is 3.99. The molecule has 2 aromatic carbocycles. The van der Waals surface area contributed by atoms with Crippen molar-refractivity contribution < 1.29 is 22.7 Å². The van der Waals surface area contributed by atoms with E-state index in [1.54, 1.807) is 22.9 Å². The van der Waals surface area contributed by atoms with Crippen molar-refractivity contribution in [2.75, 3.05) is 5.32 Å². The number of benzene rings is 2. The lowest BCUT2D eigenvalue weighted by molar-refractivity contribution is -0.137.